The monoisotopic (exact) mass is 278 g/mol. The lowest BCUT2D eigenvalue weighted by Crippen LogP contribution is -2.35. The van der Waals surface area contributed by atoms with Gasteiger partial charge in [-0.3, -0.25) is 0 Å². The highest BCUT2D eigenvalue weighted by molar-refractivity contribution is 5.32. The maximum Gasteiger partial charge on any atom is 0.123 e. The molecule has 1 heterocycles. The molecule has 4 heteroatoms. The Balaban J connectivity index is 1.64. The molecule has 0 aliphatic carbocycles. The molecule has 20 heavy (non-hydrogen) atoms. The van der Waals surface area contributed by atoms with Gasteiger partial charge in [-0.15, -0.1) is 0 Å². The Kier molecular flexibility index (Phi) is 6.30. The Morgan fingerprint density at radius 3 is 2.70 bits per heavy atom. The van der Waals surface area contributed by atoms with Crippen molar-refractivity contribution in [3.63, 3.8) is 0 Å². The summed E-state index contributed by atoms with van der Waals surface area (Å²) in [5, 5.41) is 9.12. The van der Waals surface area contributed by atoms with Gasteiger partial charge in [-0.25, -0.2) is 0 Å². The summed E-state index contributed by atoms with van der Waals surface area (Å²) in [5.74, 6) is 1.42. The molecule has 1 aliphatic heterocycles. The van der Waals surface area contributed by atoms with Crippen LogP contribution in [0.5, 0.6) is 5.75 Å². The predicted molar refractivity (Wildman–Crippen MR) is 80.7 cm³/mol. The summed E-state index contributed by atoms with van der Waals surface area (Å²) in [6.45, 7) is 4.87. The lowest BCUT2D eigenvalue weighted by atomic mass is 9.98. The molecule has 2 rings (SSSR count). The van der Waals surface area contributed by atoms with E-state index in [0.29, 0.717) is 19.1 Å². The van der Waals surface area contributed by atoms with E-state index in [-0.39, 0.29) is 0 Å². The van der Waals surface area contributed by atoms with Gasteiger partial charge in [0.25, 0.3) is 0 Å². The van der Waals surface area contributed by atoms with E-state index in [1.807, 2.05) is 24.3 Å². The van der Waals surface area contributed by atoms with Crippen LogP contribution in [0, 0.1) is 5.92 Å². The topological polar surface area (TPSA) is 58.7 Å². The van der Waals surface area contributed by atoms with Crippen LogP contribution in [-0.4, -0.2) is 42.9 Å². The van der Waals surface area contributed by atoms with E-state index < -0.39 is 0 Å². The standard InChI is InChI=1S/C16H26N2O2/c17-12-15-4-1-2-5-16(15)20-11-3-8-18-9-6-14(13-19)7-10-18/h1-2,4-5,14,19H,3,6-13,17H2. The smallest absolute Gasteiger partial charge is 0.123 e. The Morgan fingerprint density at radius 2 is 2.00 bits per heavy atom. The molecule has 0 bridgehead atoms. The number of aliphatic hydroxyl groups excluding tert-OH is 1. The molecule has 112 valence electrons. The van der Waals surface area contributed by atoms with Crippen molar-refractivity contribution < 1.29 is 9.84 Å². The van der Waals surface area contributed by atoms with Crippen LogP contribution in [-0.2, 0) is 6.54 Å². The molecular formula is C16H26N2O2. The normalized spacial score (nSPS) is 17.3. The van der Waals surface area contributed by atoms with Crippen LogP contribution in [0.1, 0.15) is 24.8 Å². The number of nitrogens with two attached hydrogens (primary N) is 1. The van der Waals surface area contributed by atoms with Crippen molar-refractivity contribution in [2.24, 2.45) is 11.7 Å². The molecule has 3 N–H and O–H groups in total. The Morgan fingerprint density at radius 1 is 1.25 bits per heavy atom. The van der Waals surface area contributed by atoms with Crippen LogP contribution in [0.15, 0.2) is 24.3 Å². The fourth-order valence-electron chi connectivity index (χ4n) is 2.68. The molecule has 1 aromatic rings. The van der Waals surface area contributed by atoms with Crippen molar-refractivity contribution in [2.75, 3.05) is 32.8 Å². The number of rotatable bonds is 7. The molecule has 0 atom stereocenters. The zero-order valence-corrected chi connectivity index (χ0v) is 12.1. The van der Waals surface area contributed by atoms with Crippen molar-refractivity contribution in [1.82, 2.24) is 4.90 Å². The summed E-state index contributed by atoms with van der Waals surface area (Å²) in [5.41, 5.74) is 6.76. The minimum atomic E-state index is 0.340. The number of piperidine rings is 1. The summed E-state index contributed by atoms with van der Waals surface area (Å²) < 4.78 is 5.81. The maximum absolute atomic E-state index is 9.12. The average molecular weight is 278 g/mol. The number of para-hydroxylation sites is 1. The second kappa shape index (κ2) is 8.25. The molecule has 0 radical (unpaired) electrons. The molecule has 0 aromatic heterocycles. The molecule has 0 amide bonds. The van der Waals surface area contributed by atoms with Crippen molar-refractivity contribution in [3.05, 3.63) is 29.8 Å². The highest BCUT2D eigenvalue weighted by atomic mass is 16.5. The van der Waals surface area contributed by atoms with Gasteiger partial charge in [0.05, 0.1) is 6.61 Å². The van der Waals surface area contributed by atoms with Crippen molar-refractivity contribution in [2.45, 2.75) is 25.8 Å². The van der Waals surface area contributed by atoms with Gasteiger partial charge in [0.2, 0.25) is 0 Å². The van der Waals surface area contributed by atoms with Gasteiger partial charge in [0.15, 0.2) is 0 Å². The number of ether oxygens (including phenoxy) is 1. The lowest BCUT2D eigenvalue weighted by molar-refractivity contribution is 0.126. The van der Waals surface area contributed by atoms with E-state index in [9.17, 15) is 0 Å². The molecule has 0 unspecified atom stereocenters. The summed E-state index contributed by atoms with van der Waals surface area (Å²) >= 11 is 0. The molecule has 4 nitrogen and oxygen atoms in total. The highest BCUT2D eigenvalue weighted by Gasteiger charge is 2.17. The molecule has 0 saturated carbocycles. The lowest BCUT2D eigenvalue weighted by Gasteiger charge is -2.30. The van der Waals surface area contributed by atoms with Crippen molar-refractivity contribution in [3.8, 4) is 5.75 Å². The number of hydrogen-bond acceptors (Lipinski definition) is 4. The third kappa shape index (κ3) is 4.47. The minimum absolute atomic E-state index is 0.340. The number of benzene rings is 1. The van der Waals surface area contributed by atoms with Crippen molar-refractivity contribution in [1.29, 1.82) is 0 Å². The molecular weight excluding hydrogens is 252 g/mol. The fourth-order valence-corrected chi connectivity index (χ4v) is 2.68. The highest BCUT2D eigenvalue weighted by Crippen LogP contribution is 2.18. The van der Waals surface area contributed by atoms with Crippen LogP contribution >= 0.6 is 0 Å². The fraction of sp³-hybridized carbons (Fsp3) is 0.625. The van der Waals surface area contributed by atoms with E-state index in [4.69, 9.17) is 15.6 Å². The van der Waals surface area contributed by atoms with E-state index in [1.165, 1.54) is 0 Å². The van der Waals surface area contributed by atoms with E-state index in [1.54, 1.807) is 0 Å². The Hall–Kier alpha value is -1.10. The van der Waals surface area contributed by atoms with Crippen LogP contribution in [0.3, 0.4) is 0 Å². The van der Waals surface area contributed by atoms with Gasteiger partial charge >= 0.3 is 0 Å². The largest absolute Gasteiger partial charge is 0.493 e. The third-order valence-electron chi connectivity index (χ3n) is 4.03. The number of hydrogen-bond donors (Lipinski definition) is 2. The Bertz CT molecular complexity index is 390. The maximum atomic E-state index is 9.12. The zero-order chi connectivity index (χ0) is 14.2. The average Bonchev–Trinajstić information content (AvgIpc) is 2.52. The molecule has 1 aliphatic rings. The molecule has 1 aromatic carbocycles. The first-order chi connectivity index (χ1) is 9.83. The first kappa shape index (κ1) is 15.3. The zero-order valence-electron chi connectivity index (χ0n) is 12.1. The first-order valence-corrected chi connectivity index (χ1v) is 7.57. The molecule has 1 saturated heterocycles. The summed E-state index contributed by atoms with van der Waals surface area (Å²) in [7, 11) is 0. The van der Waals surface area contributed by atoms with Gasteiger partial charge in [-0.05, 0) is 44.3 Å². The summed E-state index contributed by atoms with van der Waals surface area (Å²) in [6.07, 6.45) is 3.27. The second-order valence-electron chi connectivity index (χ2n) is 5.48. The minimum Gasteiger partial charge on any atom is -0.493 e. The van der Waals surface area contributed by atoms with Gasteiger partial charge in [0, 0.05) is 25.3 Å². The third-order valence-corrected chi connectivity index (χ3v) is 4.03. The number of nitrogens with zero attached hydrogens (tertiary/aromatic N) is 1. The van der Waals surface area contributed by atoms with E-state index in [2.05, 4.69) is 4.90 Å². The van der Waals surface area contributed by atoms with Crippen LogP contribution < -0.4 is 10.5 Å². The van der Waals surface area contributed by atoms with Gasteiger partial charge < -0.3 is 20.5 Å². The first-order valence-electron chi connectivity index (χ1n) is 7.57. The van der Waals surface area contributed by atoms with E-state index in [0.717, 1.165) is 56.8 Å². The predicted octanol–water partition coefficient (Wildman–Crippen LogP) is 1.62. The van der Waals surface area contributed by atoms with Gasteiger partial charge in [-0.1, -0.05) is 18.2 Å². The van der Waals surface area contributed by atoms with Crippen LogP contribution in [0.4, 0.5) is 0 Å². The summed E-state index contributed by atoms with van der Waals surface area (Å²) in [6, 6.07) is 7.96. The van der Waals surface area contributed by atoms with E-state index >= 15 is 0 Å². The molecule has 0 spiro atoms. The second-order valence-corrected chi connectivity index (χ2v) is 5.48. The Labute approximate surface area is 121 Å². The quantitative estimate of drug-likeness (QED) is 0.744. The summed E-state index contributed by atoms with van der Waals surface area (Å²) in [4.78, 5) is 2.46. The number of likely N-dealkylation sites (tertiary alicyclic amines) is 1. The van der Waals surface area contributed by atoms with Crippen molar-refractivity contribution >= 4 is 0 Å². The van der Waals surface area contributed by atoms with Gasteiger partial charge in [0.1, 0.15) is 5.75 Å². The van der Waals surface area contributed by atoms with Crippen LogP contribution in [0.2, 0.25) is 0 Å². The molecule has 1 fully saturated rings. The number of aliphatic hydroxyl groups is 1. The van der Waals surface area contributed by atoms with Crippen LogP contribution in [0.25, 0.3) is 0 Å². The van der Waals surface area contributed by atoms with Gasteiger partial charge in [-0.2, -0.15) is 0 Å². The SMILES string of the molecule is NCc1ccccc1OCCCN1CCC(CO)CC1.